The van der Waals surface area contributed by atoms with Crippen LogP contribution in [0.4, 0.5) is 0 Å². The van der Waals surface area contributed by atoms with Gasteiger partial charge in [-0.05, 0) is 30.3 Å². The molecule has 84 valence electrons. The number of allylic oxidation sites excluding steroid dienone is 4. The van der Waals surface area contributed by atoms with E-state index < -0.39 is 0 Å². The van der Waals surface area contributed by atoms with Crippen molar-refractivity contribution >= 4 is 5.71 Å². The van der Waals surface area contributed by atoms with Gasteiger partial charge in [-0.2, -0.15) is 0 Å². The quantitative estimate of drug-likeness (QED) is 0.711. The minimum absolute atomic E-state index is 0.351. The van der Waals surface area contributed by atoms with Gasteiger partial charge in [0, 0.05) is 11.6 Å². The summed E-state index contributed by atoms with van der Waals surface area (Å²) in [4.78, 5) is 0. The molecule has 0 saturated heterocycles. The second kappa shape index (κ2) is 5.29. The third-order valence-corrected chi connectivity index (χ3v) is 2.71. The van der Waals surface area contributed by atoms with Crippen LogP contribution < -0.4 is 0 Å². The van der Waals surface area contributed by atoms with Crippen LogP contribution in [0.2, 0.25) is 0 Å². The predicted octanol–water partition coefficient (Wildman–Crippen LogP) is 4.21. The first-order valence-corrected chi connectivity index (χ1v) is 5.97. The molecule has 0 radical (unpaired) electrons. The van der Waals surface area contributed by atoms with E-state index in [1.54, 1.807) is 0 Å². The van der Waals surface area contributed by atoms with Crippen LogP contribution in [0.5, 0.6) is 0 Å². The monoisotopic (exact) mass is 205 g/mol. The fourth-order valence-corrected chi connectivity index (χ4v) is 2.05. The SMILES string of the molecule is CC(C)CC1=CC=CC(CC(C)C)C1=N. The third kappa shape index (κ3) is 3.65. The van der Waals surface area contributed by atoms with Crippen molar-refractivity contribution in [2.75, 3.05) is 0 Å². The number of hydrogen-bond donors (Lipinski definition) is 1. The lowest BCUT2D eigenvalue weighted by molar-refractivity contribution is 0.543. The number of nitrogens with one attached hydrogen (secondary N) is 1. The molecule has 1 aliphatic rings. The highest BCUT2D eigenvalue weighted by molar-refractivity contribution is 6.01. The second-order valence-electron chi connectivity index (χ2n) is 5.32. The summed E-state index contributed by atoms with van der Waals surface area (Å²) in [6.07, 6.45) is 8.55. The summed E-state index contributed by atoms with van der Waals surface area (Å²) in [6, 6.07) is 0. The molecular weight excluding hydrogens is 182 g/mol. The molecule has 0 bridgehead atoms. The fraction of sp³-hybridized carbons (Fsp3) is 0.643. The van der Waals surface area contributed by atoms with Gasteiger partial charge in [0.2, 0.25) is 0 Å². The normalized spacial score (nSPS) is 21.3. The molecule has 1 heteroatoms. The van der Waals surface area contributed by atoms with Gasteiger partial charge in [0.1, 0.15) is 0 Å². The van der Waals surface area contributed by atoms with E-state index in [1.807, 2.05) is 0 Å². The van der Waals surface area contributed by atoms with E-state index in [2.05, 4.69) is 45.9 Å². The van der Waals surface area contributed by atoms with E-state index >= 15 is 0 Å². The molecular formula is C14H23N. The van der Waals surface area contributed by atoms with Crippen LogP contribution in [0, 0.1) is 23.2 Å². The first-order chi connectivity index (χ1) is 7.00. The van der Waals surface area contributed by atoms with Gasteiger partial charge in [0.15, 0.2) is 0 Å². The molecule has 1 nitrogen and oxygen atoms in total. The van der Waals surface area contributed by atoms with Crippen molar-refractivity contribution in [3.8, 4) is 0 Å². The van der Waals surface area contributed by atoms with E-state index in [1.165, 1.54) is 5.57 Å². The van der Waals surface area contributed by atoms with Crippen LogP contribution in [0.1, 0.15) is 40.5 Å². The van der Waals surface area contributed by atoms with Gasteiger partial charge >= 0.3 is 0 Å². The average molecular weight is 205 g/mol. The van der Waals surface area contributed by atoms with Gasteiger partial charge in [-0.1, -0.05) is 45.9 Å². The first-order valence-electron chi connectivity index (χ1n) is 5.97. The summed E-state index contributed by atoms with van der Waals surface area (Å²) in [7, 11) is 0. The molecule has 0 amide bonds. The van der Waals surface area contributed by atoms with Gasteiger partial charge < -0.3 is 5.41 Å². The molecule has 0 saturated carbocycles. The maximum atomic E-state index is 8.17. The molecule has 1 aliphatic carbocycles. The standard InChI is InChI=1S/C14H23N/c1-10(2)8-12-6-5-7-13(14(12)15)9-11(3)4/h5-7,10-12,15H,8-9H2,1-4H3. The molecule has 0 heterocycles. The lowest BCUT2D eigenvalue weighted by Gasteiger charge is -2.22. The van der Waals surface area contributed by atoms with E-state index in [0.717, 1.165) is 18.6 Å². The Balaban J connectivity index is 2.66. The molecule has 1 N–H and O–H groups in total. The van der Waals surface area contributed by atoms with Crippen LogP contribution in [0.25, 0.3) is 0 Å². The van der Waals surface area contributed by atoms with E-state index in [4.69, 9.17) is 5.41 Å². The van der Waals surface area contributed by atoms with Gasteiger partial charge in [-0.25, -0.2) is 0 Å². The van der Waals surface area contributed by atoms with Crippen molar-refractivity contribution in [1.29, 1.82) is 5.41 Å². The van der Waals surface area contributed by atoms with Crippen molar-refractivity contribution in [3.05, 3.63) is 23.8 Å². The third-order valence-electron chi connectivity index (χ3n) is 2.71. The van der Waals surface area contributed by atoms with Crippen molar-refractivity contribution in [1.82, 2.24) is 0 Å². The van der Waals surface area contributed by atoms with E-state index in [9.17, 15) is 0 Å². The van der Waals surface area contributed by atoms with Crippen molar-refractivity contribution in [3.63, 3.8) is 0 Å². The topological polar surface area (TPSA) is 23.9 Å². The minimum Gasteiger partial charge on any atom is -0.304 e. The highest BCUT2D eigenvalue weighted by Gasteiger charge is 2.19. The van der Waals surface area contributed by atoms with E-state index in [-0.39, 0.29) is 0 Å². The summed E-state index contributed by atoms with van der Waals surface area (Å²) in [5.41, 5.74) is 2.08. The van der Waals surface area contributed by atoms with Crippen molar-refractivity contribution in [2.45, 2.75) is 40.5 Å². The Morgan fingerprint density at radius 3 is 2.40 bits per heavy atom. The highest BCUT2D eigenvalue weighted by Crippen LogP contribution is 2.25. The molecule has 0 fully saturated rings. The Hall–Kier alpha value is -0.850. The van der Waals surface area contributed by atoms with Crippen LogP contribution in [0.15, 0.2) is 23.8 Å². The lowest BCUT2D eigenvalue weighted by Crippen LogP contribution is -2.19. The molecule has 0 aliphatic heterocycles. The zero-order valence-electron chi connectivity index (χ0n) is 10.4. The molecule has 1 rings (SSSR count). The molecule has 1 unspecified atom stereocenters. The summed E-state index contributed by atoms with van der Waals surface area (Å²) < 4.78 is 0. The second-order valence-corrected chi connectivity index (χ2v) is 5.32. The van der Waals surface area contributed by atoms with E-state index in [0.29, 0.717) is 17.8 Å². The molecule has 0 aromatic rings. The molecule has 1 atom stereocenters. The Kier molecular flexibility index (Phi) is 4.31. The zero-order valence-corrected chi connectivity index (χ0v) is 10.4. The summed E-state index contributed by atoms with van der Waals surface area (Å²) >= 11 is 0. The van der Waals surface area contributed by atoms with Crippen LogP contribution >= 0.6 is 0 Å². The van der Waals surface area contributed by atoms with Gasteiger partial charge in [0.25, 0.3) is 0 Å². The summed E-state index contributed by atoms with van der Waals surface area (Å²) in [5, 5.41) is 8.17. The van der Waals surface area contributed by atoms with Crippen LogP contribution in [-0.4, -0.2) is 5.71 Å². The molecule has 0 aromatic carbocycles. The largest absolute Gasteiger partial charge is 0.304 e. The van der Waals surface area contributed by atoms with Gasteiger partial charge in [-0.3, -0.25) is 0 Å². The average Bonchev–Trinajstić information content (AvgIpc) is 2.10. The van der Waals surface area contributed by atoms with Crippen molar-refractivity contribution in [2.24, 2.45) is 17.8 Å². The zero-order chi connectivity index (χ0) is 11.4. The predicted molar refractivity (Wildman–Crippen MR) is 67.3 cm³/mol. The number of hydrogen-bond acceptors (Lipinski definition) is 1. The Labute approximate surface area is 93.8 Å². The summed E-state index contributed by atoms with van der Waals surface area (Å²) in [5.74, 6) is 1.66. The Morgan fingerprint density at radius 2 is 1.87 bits per heavy atom. The molecule has 0 aromatic heterocycles. The Bertz CT molecular complexity index is 282. The Morgan fingerprint density at radius 1 is 1.20 bits per heavy atom. The molecule has 0 spiro atoms. The van der Waals surface area contributed by atoms with Crippen LogP contribution in [-0.2, 0) is 0 Å². The van der Waals surface area contributed by atoms with Crippen LogP contribution in [0.3, 0.4) is 0 Å². The summed E-state index contributed by atoms with van der Waals surface area (Å²) in [6.45, 7) is 8.87. The highest BCUT2D eigenvalue weighted by atomic mass is 14.5. The van der Waals surface area contributed by atoms with Gasteiger partial charge in [0.05, 0.1) is 0 Å². The maximum Gasteiger partial charge on any atom is 0.0414 e. The first kappa shape index (κ1) is 12.2. The lowest BCUT2D eigenvalue weighted by atomic mass is 9.83. The van der Waals surface area contributed by atoms with Crippen molar-refractivity contribution < 1.29 is 0 Å². The maximum absolute atomic E-state index is 8.17. The minimum atomic E-state index is 0.351. The fourth-order valence-electron chi connectivity index (χ4n) is 2.05. The van der Waals surface area contributed by atoms with Gasteiger partial charge in [-0.15, -0.1) is 0 Å². The smallest absolute Gasteiger partial charge is 0.0414 e. The molecule has 15 heavy (non-hydrogen) atoms. The number of rotatable bonds is 4.